The second-order valence-corrected chi connectivity index (χ2v) is 4.62. The Morgan fingerprint density at radius 2 is 2.43 bits per heavy atom. The number of hydrogen-bond acceptors (Lipinski definition) is 7. The van der Waals surface area contributed by atoms with Gasteiger partial charge in [-0.3, -0.25) is 9.59 Å². The highest BCUT2D eigenvalue weighted by atomic mass is 16.5. The summed E-state index contributed by atoms with van der Waals surface area (Å²) in [6.45, 7) is 0.702. The topological polar surface area (TPSA) is 139 Å². The molecule has 0 bridgehead atoms. The van der Waals surface area contributed by atoms with E-state index < -0.39 is 0 Å². The Morgan fingerprint density at radius 3 is 3.19 bits per heavy atom. The number of amides is 2. The van der Waals surface area contributed by atoms with Crippen molar-refractivity contribution in [3.05, 3.63) is 23.6 Å². The number of H-pyrrole nitrogens is 1. The lowest BCUT2D eigenvalue weighted by Crippen LogP contribution is -2.32. The van der Waals surface area contributed by atoms with E-state index in [1.165, 1.54) is 6.20 Å². The SMILES string of the molecule is O=C1CC(c2noc(CNC(=O)c3cn[nH]n3)n2)CCN1. The molecule has 110 valence electrons. The van der Waals surface area contributed by atoms with E-state index in [-0.39, 0.29) is 35.9 Å². The van der Waals surface area contributed by atoms with Gasteiger partial charge in [0.2, 0.25) is 11.8 Å². The third kappa shape index (κ3) is 3.04. The van der Waals surface area contributed by atoms with E-state index in [0.717, 1.165) is 6.42 Å². The molecule has 1 fully saturated rings. The van der Waals surface area contributed by atoms with Crippen LogP contribution >= 0.6 is 0 Å². The molecule has 3 rings (SSSR count). The maximum Gasteiger partial charge on any atom is 0.273 e. The highest BCUT2D eigenvalue weighted by Crippen LogP contribution is 2.22. The number of aromatic amines is 1. The van der Waals surface area contributed by atoms with Crippen molar-refractivity contribution < 1.29 is 14.1 Å². The number of carbonyl (C=O) groups is 2. The zero-order valence-electron chi connectivity index (χ0n) is 11.0. The van der Waals surface area contributed by atoms with Gasteiger partial charge < -0.3 is 15.2 Å². The van der Waals surface area contributed by atoms with E-state index in [0.29, 0.717) is 18.8 Å². The fourth-order valence-corrected chi connectivity index (χ4v) is 2.07. The fraction of sp³-hybridized carbons (Fsp3) is 0.455. The lowest BCUT2D eigenvalue weighted by atomic mass is 9.97. The van der Waals surface area contributed by atoms with E-state index >= 15 is 0 Å². The van der Waals surface area contributed by atoms with E-state index in [1.807, 2.05) is 0 Å². The van der Waals surface area contributed by atoms with Crippen LogP contribution in [0.2, 0.25) is 0 Å². The largest absolute Gasteiger partial charge is 0.356 e. The van der Waals surface area contributed by atoms with Crippen LogP contribution in [0.25, 0.3) is 0 Å². The average molecular weight is 291 g/mol. The summed E-state index contributed by atoms with van der Waals surface area (Å²) < 4.78 is 5.07. The monoisotopic (exact) mass is 291 g/mol. The first-order chi connectivity index (χ1) is 10.2. The summed E-state index contributed by atoms with van der Waals surface area (Å²) in [5.41, 5.74) is 0.179. The van der Waals surface area contributed by atoms with Crippen LogP contribution in [0.1, 0.15) is 41.0 Å². The summed E-state index contributed by atoms with van der Waals surface area (Å²) in [4.78, 5) is 27.2. The standard InChI is InChI=1S/C11H13N7O3/c19-8-3-6(1-2-12-8)10-15-9(21-17-10)5-13-11(20)7-4-14-18-16-7/h4,6H,1-3,5H2,(H,12,19)(H,13,20)(H,14,16,18). The molecule has 2 amide bonds. The number of nitrogens with one attached hydrogen (secondary N) is 3. The highest BCUT2D eigenvalue weighted by molar-refractivity contribution is 5.91. The molecule has 0 aromatic carbocycles. The van der Waals surface area contributed by atoms with Gasteiger partial charge in [-0.1, -0.05) is 5.16 Å². The Balaban J connectivity index is 1.58. The minimum atomic E-state index is -0.388. The molecule has 3 N–H and O–H groups in total. The second-order valence-electron chi connectivity index (χ2n) is 4.62. The lowest BCUT2D eigenvalue weighted by Gasteiger charge is -2.18. The maximum absolute atomic E-state index is 11.7. The Bertz CT molecular complexity index is 636. The number of hydrogen-bond donors (Lipinski definition) is 3. The number of carbonyl (C=O) groups excluding carboxylic acids is 2. The molecule has 0 aliphatic carbocycles. The Hall–Kier alpha value is -2.78. The van der Waals surface area contributed by atoms with Gasteiger partial charge in [-0.2, -0.15) is 20.4 Å². The van der Waals surface area contributed by atoms with Crippen LogP contribution in [0.4, 0.5) is 0 Å². The first kappa shape index (κ1) is 13.2. The Morgan fingerprint density at radius 1 is 1.52 bits per heavy atom. The number of rotatable bonds is 4. The molecule has 1 atom stereocenters. The van der Waals surface area contributed by atoms with E-state index in [2.05, 4.69) is 36.2 Å². The summed E-state index contributed by atoms with van der Waals surface area (Å²) in [6.07, 6.45) is 2.44. The van der Waals surface area contributed by atoms with Crippen LogP contribution in [-0.4, -0.2) is 43.9 Å². The minimum Gasteiger partial charge on any atom is -0.356 e. The van der Waals surface area contributed by atoms with Gasteiger partial charge in [-0.05, 0) is 6.42 Å². The first-order valence-corrected chi connectivity index (χ1v) is 6.45. The second kappa shape index (κ2) is 5.69. The van der Waals surface area contributed by atoms with E-state index in [9.17, 15) is 9.59 Å². The van der Waals surface area contributed by atoms with Gasteiger partial charge in [0.15, 0.2) is 11.5 Å². The van der Waals surface area contributed by atoms with E-state index in [4.69, 9.17) is 4.52 Å². The predicted octanol–water partition coefficient (Wildman–Crippen LogP) is -0.889. The van der Waals surface area contributed by atoms with E-state index in [1.54, 1.807) is 0 Å². The highest BCUT2D eigenvalue weighted by Gasteiger charge is 2.25. The third-order valence-corrected chi connectivity index (χ3v) is 3.14. The minimum absolute atomic E-state index is 0.0167. The Kier molecular flexibility index (Phi) is 3.58. The summed E-state index contributed by atoms with van der Waals surface area (Å²) in [6, 6.07) is 0. The zero-order chi connectivity index (χ0) is 14.7. The van der Waals surface area contributed by atoms with Crippen molar-refractivity contribution in [1.82, 2.24) is 36.2 Å². The van der Waals surface area contributed by atoms with Crippen LogP contribution in [0.5, 0.6) is 0 Å². The molecular weight excluding hydrogens is 278 g/mol. The molecule has 3 heterocycles. The molecule has 1 unspecified atom stereocenters. The lowest BCUT2D eigenvalue weighted by molar-refractivity contribution is -0.122. The maximum atomic E-state index is 11.7. The zero-order valence-corrected chi connectivity index (χ0v) is 11.0. The van der Waals surface area contributed by atoms with Gasteiger partial charge in [-0.15, -0.1) is 0 Å². The van der Waals surface area contributed by atoms with Crippen molar-refractivity contribution in [2.45, 2.75) is 25.3 Å². The van der Waals surface area contributed by atoms with Gasteiger partial charge in [0.25, 0.3) is 5.91 Å². The summed E-state index contributed by atoms with van der Waals surface area (Å²) in [5, 5.41) is 18.7. The average Bonchev–Trinajstić information content (AvgIpc) is 3.16. The summed E-state index contributed by atoms with van der Waals surface area (Å²) in [7, 11) is 0. The summed E-state index contributed by atoms with van der Waals surface area (Å²) >= 11 is 0. The van der Waals surface area contributed by atoms with Gasteiger partial charge in [0.1, 0.15) is 0 Å². The van der Waals surface area contributed by atoms with Gasteiger partial charge in [-0.25, -0.2) is 0 Å². The van der Waals surface area contributed by atoms with Crippen molar-refractivity contribution >= 4 is 11.8 Å². The molecule has 0 radical (unpaired) electrons. The van der Waals surface area contributed by atoms with Crippen LogP contribution in [0.15, 0.2) is 10.7 Å². The van der Waals surface area contributed by atoms with Gasteiger partial charge >= 0.3 is 0 Å². The third-order valence-electron chi connectivity index (χ3n) is 3.14. The smallest absolute Gasteiger partial charge is 0.273 e. The molecule has 1 saturated heterocycles. The molecule has 10 nitrogen and oxygen atoms in total. The quantitative estimate of drug-likeness (QED) is 0.664. The molecule has 2 aromatic rings. The fourth-order valence-electron chi connectivity index (χ4n) is 2.07. The number of nitrogens with zero attached hydrogens (tertiary/aromatic N) is 4. The predicted molar refractivity (Wildman–Crippen MR) is 66.8 cm³/mol. The molecule has 10 heteroatoms. The van der Waals surface area contributed by atoms with Crippen molar-refractivity contribution in [3.8, 4) is 0 Å². The van der Waals surface area contributed by atoms with Crippen molar-refractivity contribution in [1.29, 1.82) is 0 Å². The Labute approximate surface area is 118 Å². The van der Waals surface area contributed by atoms with Gasteiger partial charge in [0, 0.05) is 18.9 Å². The molecule has 0 spiro atoms. The molecule has 1 aliphatic rings. The normalized spacial score (nSPS) is 18.3. The van der Waals surface area contributed by atoms with Crippen LogP contribution in [-0.2, 0) is 11.3 Å². The number of aromatic nitrogens is 5. The van der Waals surface area contributed by atoms with Crippen molar-refractivity contribution in [2.24, 2.45) is 0 Å². The van der Waals surface area contributed by atoms with Gasteiger partial charge in [0.05, 0.1) is 12.7 Å². The van der Waals surface area contributed by atoms with Crippen molar-refractivity contribution in [3.63, 3.8) is 0 Å². The molecular formula is C11H13N7O3. The molecule has 2 aromatic heterocycles. The number of piperidine rings is 1. The molecule has 1 aliphatic heterocycles. The van der Waals surface area contributed by atoms with Crippen molar-refractivity contribution in [2.75, 3.05) is 6.54 Å². The molecule has 21 heavy (non-hydrogen) atoms. The first-order valence-electron chi connectivity index (χ1n) is 6.45. The van der Waals surface area contributed by atoms with Crippen LogP contribution < -0.4 is 10.6 Å². The van der Waals surface area contributed by atoms with Crippen LogP contribution in [0, 0.1) is 0 Å². The summed E-state index contributed by atoms with van der Waals surface area (Å²) in [5.74, 6) is 0.336. The molecule has 0 saturated carbocycles. The van der Waals surface area contributed by atoms with Crippen LogP contribution in [0.3, 0.4) is 0 Å².